The zero-order chi connectivity index (χ0) is 11.7. The predicted octanol–water partition coefficient (Wildman–Crippen LogP) is 2.81. The summed E-state index contributed by atoms with van der Waals surface area (Å²) in [4.78, 5) is 4.41. The molecule has 17 heavy (non-hydrogen) atoms. The number of nitrogens with zero attached hydrogens (tertiary/aromatic N) is 3. The molecule has 1 saturated carbocycles. The monoisotopic (exact) mass is 230 g/mol. The number of nitrogens with one attached hydrogen (secondary N) is 1. The summed E-state index contributed by atoms with van der Waals surface area (Å²) in [7, 11) is 0. The van der Waals surface area contributed by atoms with Gasteiger partial charge in [0.1, 0.15) is 0 Å². The van der Waals surface area contributed by atoms with Gasteiger partial charge < -0.3 is 5.32 Å². The first-order chi connectivity index (χ1) is 8.38. The van der Waals surface area contributed by atoms with E-state index in [9.17, 15) is 0 Å². The van der Waals surface area contributed by atoms with Gasteiger partial charge in [0, 0.05) is 24.5 Å². The third kappa shape index (κ3) is 1.88. The van der Waals surface area contributed by atoms with Crippen LogP contribution < -0.4 is 5.32 Å². The van der Waals surface area contributed by atoms with Crippen molar-refractivity contribution < 1.29 is 0 Å². The van der Waals surface area contributed by atoms with Crippen LogP contribution in [0, 0.1) is 0 Å². The zero-order valence-electron chi connectivity index (χ0n) is 10.2. The number of pyridine rings is 1. The van der Waals surface area contributed by atoms with Crippen molar-refractivity contribution in [3.63, 3.8) is 0 Å². The van der Waals surface area contributed by atoms with E-state index in [0.717, 1.165) is 17.6 Å². The molecular formula is C13H18N4. The van der Waals surface area contributed by atoms with E-state index in [4.69, 9.17) is 0 Å². The Bertz CT molecular complexity index is 511. The fourth-order valence-corrected chi connectivity index (χ4v) is 2.62. The topological polar surface area (TPSA) is 42.7 Å². The normalized spacial score (nSPS) is 16.8. The zero-order valence-corrected chi connectivity index (χ0v) is 10.2. The summed E-state index contributed by atoms with van der Waals surface area (Å²) in [6.07, 6.45) is 9.05. The first kappa shape index (κ1) is 10.6. The summed E-state index contributed by atoms with van der Waals surface area (Å²) in [5.41, 5.74) is 2.16. The number of hydrogen-bond acceptors (Lipinski definition) is 3. The summed E-state index contributed by atoms with van der Waals surface area (Å²) in [6.45, 7) is 2.95. The number of anilines is 1. The molecule has 4 nitrogen and oxygen atoms in total. The van der Waals surface area contributed by atoms with E-state index in [-0.39, 0.29) is 0 Å². The van der Waals surface area contributed by atoms with Crippen molar-refractivity contribution in [3.8, 4) is 0 Å². The number of hydrogen-bond donors (Lipinski definition) is 1. The molecule has 0 aromatic carbocycles. The van der Waals surface area contributed by atoms with Gasteiger partial charge >= 0.3 is 0 Å². The lowest BCUT2D eigenvalue weighted by molar-refractivity contribution is 0.677. The summed E-state index contributed by atoms with van der Waals surface area (Å²) in [5.74, 6) is 0. The van der Waals surface area contributed by atoms with Crippen molar-refractivity contribution in [2.45, 2.75) is 45.2 Å². The largest absolute Gasteiger partial charge is 0.382 e. The fraction of sp³-hybridized carbons (Fsp3) is 0.538. The van der Waals surface area contributed by atoms with Gasteiger partial charge in [-0.25, -0.2) is 9.67 Å². The molecule has 2 heterocycles. The fourth-order valence-electron chi connectivity index (χ4n) is 2.62. The lowest BCUT2D eigenvalue weighted by Crippen LogP contribution is -2.14. The molecule has 0 radical (unpaired) electrons. The number of aryl methyl sites for hydroxylation is 1. The van der Waals surface area contributed by atoms with Gasteiger partial charge in [0.2, 0.25) is 0 Å². The van der Waals surface area contributed by atoms with Crippen molar-refractivity contribution in [1.82, 2.24) is 14.8 Å². The third-order valence-electron chi connectivity index (χ3n) is 3.55. The molecule has 2 aromatic heterocycles. The van der Waals surface area contributed by atoms with Crippen LogP contribution in [-0.4, -0.2) is 20.8 Å². The standard InChI is InChI=1S/C13H18N4/c1-2-17-13-11(9-15-17)12(7-8-14-13)16-10-5-3-4-6-10/h7-10H,2-6H2,1H3,(H,14,16). The van der Waals surface area contributed by atoms with Crippen LogP contribution in [-0.2, 0) is 6.54 Å². The van der Waals surface area contributed by atoms with E-state index in [1.54, 1.807) is 0 Å². The van der Waals surface area contributed by atoms with Gasteiger partial charge in [0.25, 0.3) is 0 Å². The minimum atomic E-state index is 0.630. The molecule has 90 valence electrons. The second-order valence-corrected chi connectivity index (χ2v) is 4.68. The number of aromatic nitrogens is 3. The van der Waals surface area contributed by atoms with Gasteiger partial charge in [-0.05, 0) is 25.8 Å². The van der Waals surface area contributed by atoms with Crippen molar-refractivity contribution >= 4 is 16.7 Å². The Morgan fingerprint density at radius 2 is 2.24 bits per heavy atom. The predicted molar refractivity (Wildman–Crippen MR) is 69.1 cm³/mol. The van der Waals surface area contributed by atoms with Crippen molar-refractivity contribution in [3.05, 3.63) is 18.5 Å². The lowest BCUT2D eigenvalue weighted by Gasteiger charge is -2.13. The van der Waals surface area contributed by atoms with Gasteiger partial charge in [-0.2, -0.15) is 5.10 Å². The minimum Gasteiger partial charge on any atom is -0.382 e. The molecule has 1 aliphatic rings. The molecular weight excluding hydrogens is 212 g/mol. The van der Waals surface area contributed by atoms with Crippen molar-refractivity contribution in [1.29, 1.82) is 0 Å². The number of rotatable bonds is 3. The van der Waals surface area contributed by atoms with Crippen molar-refractivity contribution in [2.75, 3.05) is 5.32 Å². The molecule has 1 N–H and O–H groups in total. The van der Waals surface area contributed by atoms with Gasteiger partial charge in [-0.1, -0.05) is 12.8 Å². The molecule has 0 bridgehead atoms. The summed E-state index contributed by atoms with van der Waals surface area (Å²) >= 11 is 0. The average Bonchev–Trinajstić information content (AvgIpc) is 2.97. The van der Waals surface area contributed by atoms with E-state index in [2.05, 4.69) is 28.4 Å². The van der Waals surface area contributed by atoms with E-state index >= 15 is 0 Å². The Morgan fingerprint density at radius 3 is 3.00 bits per heavy atom. The molecule has 0 atom stereocenters. The molecule has 1 aliphatic carbocycles. The summed E-state index contributed by atoms with van der Waals surface area (Å²) in [5, 5.41) is 9.13. The first-order valence-electron chi connectivity index (χ1n) is 6.45. The van der Waals surface area contributed by atoms with E-state index in [1.807, 2.05) is 17.1 Å². The quantitative estimate of drug-likeness (QED) is 0.881. The first-order valence-corrected chi connectivity index (χ1v) is 6.45. The van der Waals surface area contributed by atoms with E-state index in [0.29, 0.717) is 6.04 Å². The van der Waals surface area contributed by atoms with Crippen LogP contribution in [0.2, 0.25) is 0 Å². The average molecular weight is 230 g/mol. The maximum atomic E-state index is 4.41. The van der Waals surface area contributed by atoms with Crippen LogP contribution in [0.1, 0.15) is 32.6 Å². The molecule has 3 rings (SSSR count). The maximum Gasteiger partial charge on any atom is 0.159 e. The Labute approximate surface area is 101 Å². The van der Waals surface area contributed by atoms with Gasteiger partial charge in [0.05, 0.1) is 11.6 Å². The van der Waals surface area contributed by atoms with Crippen LogP contribution >= 0.6 is 0 Å². The second-order valence-electron chi connectivity index (χ2n) is 4.68. The molecule has 0 spiro atoms. The Balaban J connectivity index is 1.95. The molecule has 4 heteroatoms. The molecule has 2 aromatic rings. The molecule has 1 fully saturated rings. The highest BCUT2D eigenvalue weighted by atomic mass is 15.3. The number of fused-ring (bicyclic) bond motifs is 1. The smallest absolute Gasteiger partial charge is 0.159 e. The highest BCUT2D eigenvalue weighted by Crippen LogP contribution is 2.26. The molecule has 0 aliphatic heterocycles. The molecule has 0 saturated heterocycles. The molecule has 0 unspecified atom stereocenters. The Hall–Kier alpha value is -1.58. The van der Waals surface area contributed by atoms with E-state index < -0.39 is 0 Å². The Morgan fingerprint density at radius 1 is 1.41 bits per heavy atom. The summed E-state index contributed by atoms with van der Waals surface area (Å²) < 4.78 is 1.94. The Kier molecular flexibility index (Phi) is 2.71. The highest BCUT2D eigenvalue weighted by molar-refractivity contribution is 5.88. The van der Waals surface area contributed by atoms with Gasteiger partial charge in [-0.15, -0.1) is 0 Å². The highest BCUT2D eigenvalue weighted by Gasteiger charge is 2.16. The van der Waals surface area contributed by atoms with Gasteiger partial charge in [0.15, 0.2) is 5.65 Å². The van der Waals surface area contributed by atoms with Crippen molar-refractivity contribution in [2.24, 2.45) is 0 Å². The maximum absolute atomic E-state index is 4.41. The SMILES string of the molecule is CCn1ncc2c(NC3CCCC3)ccnc21. The minimum absolute atomic E-state index is 0.630. The molecule has 0 amide bonds. The van der Waals surface area contributed by atoms with Crippen LogP contribution in [0.4, 0.5) is 5.69 Å². The van der Waals surface area contributed by atoms with Crippen LogP contribution in [0.25, 0.3) is 11.0 Å². The second kappa shape index (κ2) is 4.35. The van der Waals surface area contributed by atoms with Crippen LogP contribution in [0.15, 0.2) is 18.5 Å². The van der Waals surface area contributed by atoms with Gasteiger partial charge in [-0.3, -0.25) is 0 Å². The third-order valence-corrected chi connectivity index (χ3v) is 3.55. The lowest BCUT2D eigenvalue weighted by atomic mass is 10.2. The summed E-state index contributed by atoms with van der Waals surface area (Å²) in [6, 6.07) is 2.69. The van der Waals surface area contributed by atoms with Crippen LogP contribution in [0.5, 0.6) is 0 Å². The van der Waals surface area contributed by atoms with E-state index in [1.165, 1.54) is 31.4 Å². The van der Waals surface area contributed by atoms with Crippen LogP contribution in [0.3, 0.4) is 0 Å².